The number of nitrogens with zero attached hydrogens (tertiary/aromatic N) is 3. The van der Waals surface area contributed by atoms with Crippen molar-refractivity contribution in [2.45, 2.75) is 20.0 Å². The smallest absolute Gasteiger partial charge is 0.185 e. The Labute approximate surface area is 105 Å². The van der Waals surface area contributed by atoms with Crippen molar-refractivity contribution in [1.29, 1.82) is 0 Å². The minimum atomic E-state index is 0.560. The minimum absolute atomic E-state index is 0.560. The van der Waals surface area contributed by atoms with Crippen LogP contribution in [0.15, 0.2) is 30.7 Å². The molecule has 2 aromatic rings. The van der Waals surface area contributed by atoms with E-state index in [0.717, 1.165) is 23.1 Å². The lowest BCUT2D eigenvalue weighted by Crippen LogP contribution is -2.21. The number of rotatable bonds is 5. The van der Waals surface area contributed by atoms with Crippen molar-refractivity contribution in [3.8, 4) is 0 Å². The average Bonchev–Trinajstić information content (AvgIpc) is 2.86. The van der Waals surface area contributed by atoms with E-state index in [0.29, 0.717) is 6.54 Å². The first-order valence-electron chi connectivity index (χ1n) is 5.62. The molecule has 2 N–H and O–H groups in total. The molecule has 2 aromatic heterocycles. The van der Waals surface area contributed by atoms with Crippen LogP contribution in [0.1, 0.15) is 17.4 Å². The van der Waals surface area contributed by atoms with Gasteiger partial charge in [-0.3, -0.25) is 4.98 Å². The Hall–Kier alpha value is -1.46. The highest BCUT2D eigenvalue weighted by atomic mass is 32.1. The van der Waals surface area contributed by atoms with Crippen LogP contribution < -0.4 is 10.6 Å². The maximum Gasteiger partial charge on any atom is 0.185 e. The van der Waals surface area contributed by atoms with Crippen molar-refractivity contribution in [3.63, 3.8) is 0 Å². The Balaban J connectivity index is 2.11. The molecule has 0 bridgehead atoms. The Morgan fingerprint density at radius 1 is 1.35 bits per heavy atom. The van der Waals surface area contributed by atoms with Gasteiger partial charge in [-0.15, -0.1) is 11.3 Å². The largest absolute Gasteiger partial charge is 0.344 e. The summed E-state index contributed by atoms with van der Waals surface area (Å²) in [5.74, 6) is 0. The topological polar surface area (TPSA) is 55.0 Å². The fourth-order valence-electron chi connectivity index (χ4n) is 1.56. The standard InChI is InChI=1S/C12H16N4S/c1-2-16(9-10-3-5-14-6-4-10)12-15-8-11(7-13)17-12/h3-6,8H,2,7,9,13H2,1H3. The number of hydrogen-bond acceptors (Lipinski definition) is 5. The minimum Gasteiger partial charge on any atom is -0.344 e. The van der Waals surface area contributed by atoms with Gasteiger partial charge >= 0.3 is 0 Å². The predicted octanol–water partition coefficient (Wildman–Crippen LogP) is 2.02. The van der Waals surface area contributed by atoms with Crippen molar-refractivity contribution in [2.24, 2.45) is 5.73 Å². The monoisotopic (exact) mass is 248 g/mol. The van der Waals surface area contributed by atoms with Crippen molar-refractivity contribution in [1.82, 2.24) is 9.97 Å². The third-order valence-electron chi connectivity index (χ3n) is 2.52. The molecule has 17 heavy (non-hydrogen) atoms. The zero-order valence-corrected chi connectivity index (χ0v) is 10.7. The Morgan fingerprint density at radius 2 is 2.12 bits per heavy atom. The van der Waals surface area contributed by atoms with E-state index in [1.165, 1.54) is 5.56 Å². The van der Waals surface area contributed by atoms with E-state index in [2.05, 4.69) is 21.8 Å². The third-order valence-corrected chi connectivity index (χ3v) is 3.60. The highest BCUT2D eigenvalue weighted by Crippen LogP contribution is 2.23. The lowest BCUT2D eigenvalue weighted by atomic mass is 10.2. The van der Waals surface area contributed by atoms with Crippen molar-refractivity contribution < 1.29 is 0 Å². The van der Waals surface area contributed by atoms with E-state index < -0.39 is 0 Å². The molecule has 0 aliphatic rings. The van der Waals surface area contributed by atoms with Gasteiger partial charge < -0.3 is 10.6 Å². The fourth-order valence-corrected chi connectivity index (χ4v) is 2.41. The summed E-state index contributed by atoms with van der Waals surface area (Å²) in [7, 11) is 0. The normalized spacial score (nSPS) is 10.5. The summed E-state index contributed by atoms with van der Waals surface area (Å²) < 4.78 is 0. The molecule has 0 aliphatic heterocycles. The first-order chi connectivity index (χ1) is 8.33. The van der Waals surface area contributed by atoms with E-state index in [9.17, 15) is 0 Å². The van der Waals surface area contributed by atoms with Crippen LogP contribution in [0.3, 0.4) is 0 Å². The molecule has 2 rings (SSSR count). The molecule has 0 radical (unpaired) electrons. The van der Waals surface area contributed by atoms with Gasteiger partial charge in [-0.25, -0.2) is 4.98 Å². The molecule has 2 heterocycles. The van der Waals surface area contributed by atoms with Crippen LogP contribution in [-0.4, -0.2) is 16.5 Å². The molecule has 5 heteroatoms. The molecule has 0 fully saturated rings. The van der Waals surface area contributed by atoms with Gasteiger partial charge in [-0.1, -0.05) is 0 Å². The highest BCUT2D eigenvalue weighted by molar-refractivity contribution is 7.15. The quantitative estimate of drug-likeness (QED) is 0.879. The molecule has 0 saturated heterocycles. The van der Waals surface area contributed by atoms with E-state index in [4.69, 9.17) is 5.73 Å². The summed E-state index contributed by atoms with van der Waals surface area (Å²) in [5.41, 5.74) is 6.84. The first kappa shape index (κ1) is 12.0. The maximum atomic E-state index is 5.60. The summed E-state index contributed by atoms with van der Waals surface area (Å²) in [6, 6.07) is 4.06. The van der Waals surface area contributed by atoms with Crippen LogP contribution in [0.4, 0.5) is 5.13 Å². The number of aromatic nitrogens is 2. The third kappa shape index (κ3) is 3.01. The maximum absolute atomic E-state index is 5.60. The second-order valence-electron chi connectivity index (χ2n) is 3.68. The van der Waals surface area contributed by atoms with Crippen LogP contribution in [0.5, 0.6) is 0 Å². The molecule has 0 aromatic carbocycles. The number of hydrogen-bond donors (Lipinski definition) is 1. The molecule has 90 valence electrons. The second kappa shape index (κ2) is 5.75. The van der Waals surface area contributed by atoms with Crippen molar-refractivity contribution in [3.05, 3.63) is 41.2 Å². The van der Waals surface area contributed by atoms with E-state index in [1.807, 2.05) is 30.7 Å². The first-order valence-corrected chi connectivity index (χ1v) is 6.43. The lowest BCUT2D eigenvalue weighted by Gasteiger charge is -2.19. The van der Waals surface area contributed by atoms with Crippen molar-refractivity contribution in [2.75, 3.05) is 11.4 Å². The number of pyridine rings is 1. The van der Waals surface area contributed by atoms with Gasteiger partial charge in [0.15, 0.2) is 5.13 Å². The fraction of sp³-hybridized carbons (Fsp3) is 0.333. The van der Waals surface area contributed by atoms with Gasteiger partial charge in [-0.05, 0) is 24.6 Å². The molecule has 0 unspecified atom stereocenters. The molecule has 0 spiro atoms. The van der Waals surface area contributed by atoms with Gasteiger partial charge in [0.05, 0.1) is 0 Å². The molecular formula is C12H16N4S. The van der Waals surface area contributed by atoms with Crippen LogP contribution in [0.2, 0.25) is 0 Å². The Morgan fingerprint density at radius 3 is 2.71 bits per heavy atom. The van der Waals surface area contributed by atoms with E-state index in [1.54, 1.807) is 11.3 Å². The Kier molecular flexibility index (Phi) is 4.06. The van der Waals surface area contributed by atoms with Gasteiger partial charge in [0.1, 0.15) is 0 Å². The van der Waals surface area contributed by atoms with Crippen molar-refractivity contribution >= 4 is 16.5 Å². The van der Waals surface area contributed by atoms with E-state index >= 15 is 0 Å². The van der Waals surface area contributed by atoms with Crippen LogP contribution in [0.25, 0.3) is 0 Å². The molecule has 0 saturated carbocycles. The second-order valence-corrected chi connectivity index (χ2v) is 4.78. The lowest BCUT2D eigenvalue weighted by molar-refractivity contribution is 0.825. The van der Waals surface area contributed by atoms with E-state index in [-0.39, 0.29) is 0 Å². The predicted molar refractivity (Wildman–Crippen MR) is 71.0 cm³/mol. The summed E-state index contributed by atoms with van der Waals surface area (Å²) in [4.78, 5) is 11.8. The molecule has 0 aliphatic carbocycles. The zero-order chi connectivity index (χ0) is 12.1. The SMILES string of the molecule is CCN(Cc1ccncc1)c1ncc(CN)s1. The summed E-state index contributed by atoms with van der Waals surface area (Å²) in [6.45, 7) is 4.48. The molecule has 0 amide bonds. The Bertz CT molecular complexity index is 455. The van der Waals surface area contributed by atoms with Gasteiger partial charge in [0, 0.05) is 43.1 Å². The number of nitrogens with two attached hydrogens (primary N) is 1. The van der Waals surface area contributed by atoms with Gasteiger partial charge in [-0.2, -0.15) is 0 Å². The number of anilines is 1. The molecule has 0 atom stereocenters. The van der Waals surface area contributed by atoms with Gasteiger partial charge in [0.2, 0.25) is 0 Å². The summed E-state index contributed by atoms with van der Waals surface area (Å²) in [5, 5.41) is 1.03. The molecule has 4 nitrogen and oxygen atoms in total. The summed E-state index contributed by atoms with van der Waals surface area (Å²) >= 11 is 1.66. The summed E-state index contributed by atoms with van der Waals surface area (Å²) in [6.07, 6.45) is 5.49. The zero-order valence-electron chi connectivity index (χ0n) is 9.84. The molecular weight excluding hydrogens is 232 g/mol. The van der Waals surface area contributed by atoms with Crippen LogP contribution in [-0.2, 0) is 13.1 Å². The average molecular weight is 248 g/mol. The van der Waals surface area contributed by atoms with Crippen LogP contribution >= 0.6 is 11.3 Å². The highest BCUT2D eigenvalue weighted by Gasteiger charge is 2.09. The van der Waals surface area contributed by atoms with Gasteiger partial charge in [0.25, 0.3) is 0 Å². The van der Waals surface area contributed by atoms with Crippen LogP contribution in [0, 0.1) is 0 Å². The number of thiazole rings is 1.